The number of benzene rings is 2. The van der Waals surface area contributed by atoms with Gasteiger partial charge in [0.2, 0.25) is 5.88 Å². The average molecular weight is 396 g/mol. The predicted molar refractivity (Wildman–Crippen MR) is 106 cm³/mol. The van der Waals surface area contributed by atoms with E-state index in [1.807, 2.05) is 19.1 Å². The number of rotatable bonds is 9. The summed E-state index contributed by atoms with van der Waals surface area (Å²) in [4.78, 5) is 16.2. The lowest BCUT2D eigenvalue weighted by molar-refractivity contribution is -0.123. The molecule has 2 aromatic carbocycles. The summed E-state index contributed by atoms with van der Waals surface area (Å²) in [5.41, 5.74) is 0.806. The Morgan fingerprint density at radius 3 is 2.48 bits per heavy atom. The van der Waals surface area contributed by atoms with Crippen LogP contribution in [0, 0.1) is 5.82 Å². The number of hydrogen-bond donors (Lipinski definition) is 1. The Balaban J connectivity index is 1.51. The maximum atomic E-state index is 13.0. The number of carbonyl (C=O) groups is 1. The van der Waals surface area contributed by atoms with Crippen molar-refractivity contribution in [1.82, 2.24) is 10.3 Å². The van der Waals surface area contributed by atoms with Crippen molar-refractivity contribution in [2.45, 2.75) is 13.5 Å². The highest BCUT2D eigenvalue weighted by Crippen LogP contribution is 2.26. The summed E-state index contributed by atoms with van der Waals surface area (Å²) >= 11 is 0. The fourth-order valence-corrected chi connectivity index (χ4v) is 2.48. The molecule has 0 unspecified atom stereocenters. The summed E-state index contributed by atoms with van der Waals surface area (Å²) in [6, 6.07) is 16.3. The Bertz CT molecular complexity index is 948. The van der Waals surface area contributed by atoms with Crippen LogP contribution >= 0.6 is 0 Å². The molecule has 3 aromatic rings. The first-order valence-electron chi connectivity index (χ1n) is 9.13. The minimum atomic E-state index is -0.340. The SMILES string of the molecule is CCOc1ccccc1OCC(=O)NCc1ccnc(Oc2ccc(F)cc2)c1. The van der Waals surface area contributed by atoms with Crippen LogP contribution in [-0.2, 0) is 11.3 Å². The van der Waals surface area contributed by atoms with Crippen LogP contribution in [0.4, 0.5) is 4.39 Å². The van der Waals surface area contributed by atoms with Gasteiger partial charge >= 0.3 is 0 Å². The van der Waals surface area contributed by atoms with Gasteiger partial charge in [-0.25, -0.2) is 9.37 Å². The second kappa shape index (κ2) is 10.1. The number of carbonyl (C=O) groups excluding carboxylic acids is 1. The topological polar surface area (TPSA) is 69.7 Å². The average Bonchev–Trinajstić information content (AvgIpc) is 2.74. The molecule has 0 aliphatic heterocycles. The molecule has 0 saturated carbocycles. The van der Waals surface area contributed by atoms with Crippen molar-refractivity contribution in [3.05, 3.63) is 78.2 Å². The molecule has 0 spiro atoms. The van der Waals surface area contributed by atoms with Crippen LogP contribution < -0.4 is 19.5 Å². The van der Waals surface area contributed by atoms with Crippen LogP contribution in [-0.4, -0.2) is 24.1 Å². The molecular weight excluding hydrogens is 375 g/mol. The van der Waals surface area contributed by atoms with Crippen molar-refractivity contribution in [1.29, 1.82) is 0 Å². The lowest BCUT2D eigenvalue weighted by atomic mass is 10.2. The first-order valence-corrected chi connectivity index (χ1v) is 9.13. The minimum Gasteiger partial charge on any atom is -0.490 e. The largest absolute Gasteiger partial charge is 0.490 e. The monoisotopic (exact) mass is 396 g/mol. The third-order valence-corrected chi connectivity index (χ3v) is 3.83. The van der Waals surface area contributed by atoms with Crippen LogP contribution in [0.5, 0.6) is 23.1 Å². The van der Waals surface area contributed by atoms with E-state index in [-0.39, 0.29) is 24.9 Å². The number of aromatic nitrogens is 1. The van der Waals surface area contributed by atoms with Crippen LogP contribution in [0.2, 0.25) is 0 Å². The number of amides is 1. The molecule has 0 atom stereocenters. The second-order valence-corrected chi connectivity index (χ2v) is 6.00. The van der Waals surface area contributed by atoms with Gasteiger partial charge in [0, 0.05) is 18.8 Å². The lowest BCUT2D eigenvalue weighted by Gasteiger charge is -2.12. The van der Waals surface area contributed by atoms with E-state index in [9.17, 15) is 9.18 Å². The molecule has 1 heterocycles. The van der Waals surface area contributed by atoms with Crippen LogP contribution in [0.1, 0.15) is 12.5 Å². The maximum absolute atomic E-state index is 13.0. The second-order valence-electron chi connectivity index (χ2n) is 6.00. The van der Waals surface area contributed by atoms with Crippen molar-refractivity contribution in [3.8, 4) is 23.1 Å². The number of nitrogens with zero attached hydrogens (tertiary/aromatic N) is 1. The van der Waals surface area contributed by atoms with Gasteiger partial charge in [-0.05, 0) is 55.0 Å². The van der Waals surface area contributed by atoms with E-state index in [0.717, 1.165) is 5.56 Å². The number of pyridine rings is 1. The summed E-state index contributed by atoms with van der Waals surface area (Å²) < 4.78 is 29.6. The standard InChI is InChI=1S/C22H21FN2O4/c1-2-27-19-5-3-4-6-20(19)28-15-21(26)25-14-16-11-12-24-22(13-16)29-18-9-7-17(23)8-10-18/h3-13H,2,14-15H2,1H3,(H,25,26). The number of hydrogen-bond acceptors (Lipinski definition) is 5. The molecule has 0 bridgehead atoms. The quantitative estimate of drug-likeness (QED) is 0.590. The van der Waals surface area contributed by atoms with Gasteiger partial charge in [-0.1, -0.05) is 12.1 Å². The first kappa shape index (κ1) is 20.1. The summed E-state index contributed by atoms with van der Waals surface area (Å²) in [5, 5.41) is 2.78. The maximum Gasteiger partial charge on any atom is 0.258 e. The molecule has 3 rings (SSSR count). The smallest absolute Gasteiger partial charge is 0.258 e. The molecule has 7 heteroatoms. The fourth-order valence-electron chi connectivity index (χ4n) is 2.48. The van der Waals surface area contributed by atoms with E-state index in [1.54, 1.807) is 30.5 Å². The zero-order valence-electron chi connectivity index (χ0n) is 15.9. The van der Waals surface area contributed by atoms with E-state index in [1.165, 1.54) is 24.3 Å². The van der Waals surface area contributed by atoms with Gasteiger partial charge in [0.25, 0.3) is 5.91 Å². The molecule has 0 aliphatic carbocycles. The third kappa shape index (κ3) is 6.21. The summed E-state index contributed by atoms with van der Waals surface area (Å²) in [6.45, 7) is 2.55. The number of para-hydroxylation sites is 2. The van der Waals surface area contributed by atoms with Gasteiger partial charge in [0.05, 0.1) is 6.61 Å². The summed E-state index contributed by atoms with van der Waals surface area (Å²) in [6.07, 6.45) is 1.58. The zero-order chi connectivity index (χ0) is 20.5. The predicted octanol–water partition coefficient (Wildman–Crippen LogP) is 4.11. The Morgan fingerprint density at radius 2 is 1.76 bits per heavy atom. The highest BCUT2D eigenvalue weighted by Gasteiger charge is 2.08. The lowest BCUT2D eigenvalue weighted by Crippen LogP contribution is -2.28. The van der Waals surface area contributed by atoms with E-state index in [0.29, 0.717) is 29.7 Å². The van der Waals surface area contributed by atoms with E-state index in [4.69, 9.17) is 14.2 Å². The normalized spacial score (nSPS) is 10.3. The summed E-state index contributed by atoms with van der Waals surface area (Å²) in [5.74, 6) is 1.33. The van der Waals surface area contributed by atoms with Crippen LogP contribution in [0.15, 0.2) is 66.9 Å². The van der Waals surface area contributed by atoms with Crippen molar-refractivity contribution in [2.75, 3.05) is 13.2 Å². The van der Waals surface area contributed by atoms with Gasteiger partial charge in [-0.3, -0.25) is 4.79 Å². The molecule has 1 aromatic heterocycles. The molecule has 150 valence electrons. The van der Waals surface area contributed by atoms with E-state index in [2.05, 4.69) is 10.3 Å². The van der Waals surface area contributed by atoms with Gasteiger partial charge in [0.1, 0.15) is 11.6 Å². The molecule has 0 saturated heterocycles. The van der Waals surface area contributed by atoms with Gasteiger partial charge in [0.15, 0.2) is 18.1 Å². The Morgan fingerprint density at radius 1 is 1.03 bits per heavy atom. The summed E-state index contributed by atoms with van der Waals surface area (Å²) in [7, 11) is 0. The molecule has 0 radical (unpaired) electrons. The molecule has 1 amide bonds. The fraction of sp³-hybridized carbons (Fsp3) is 0.182. The number of halogens is 1. The van der Waals surface area contributed by atoms with Crippen molar-refractivity contribution < 1.29 is 23.4 Å². The number of nitrogens with one attached hydrogen (secondary N) is 1. The third-order valence-electron chi connectivity index (χ3n) is 3.83. The Labute approximate surface area is 168 Å². The number of ether oxygens (including phenoxy) is 3. The van der Waals surface area contributed by atoms with Crippen molar-refractivity contribution in [3.63, 3.8) is 0 Å². The van der Waals surface area contributed by atoms with Gasteiger partial charge in [-0.15, -0.1) is 0 Å². The molecule has 0 aliphatic rings. The Kier molecular flexibility index (Phi) is 7.00. The minimum absolute atomic E-state index is 0.131. The van der Waals surface area contributed by atoms with Crippen molar-refractivity contribution >= 4 is 5.91 Å². The molecule has 0 fully saturated rings. The Hall–Kier alpha value is -3.61. The molecule has 6 nitrogen and oxygen atoms in total. The van der Waals surface area contributed by atoms with Crippen molar-refractivity contribution in [2.24, 2.45) is 0 Å². The van der Waals surface area contributed by atoms with Crippen LogP contribution in [0.3, 0.4) is 0 Å². The highest BCUT2D eigenvalue weighted by molar-refractivity contribution is 5.77. The van der Waals surface area contributed by atoms with Crippen LogP contribution in [0.25, 0.3) is 0 Å². The van der Waals surface area contributed by atoms with Gasteiger partial charge in [-0.2, -0.15) is 0 Å². The molecule has 29 heavy (non-hydrogen) atoms. The molecular formula is C22H21FN2O4. The first-order chi connectivity index (χ1) is 14.1. The molecule has 1 N–H and O–H groups in total. The highest BCUT2D eigenvalue weighted by atomic mass is 19.1. The van der Waals surface area contributed by atoms with Gasteiger partial charge < -0.3 is 19.5 Å². The van der Waals surface area contributed by atoms with E-state index >= 15 is 0 Å². The zero-order valence-corrected chi connectivity index (χ0v) is 15.9. The van der Waals surface area contributed by atoms with E-state index < -0.39 is 0 Å².